The number of benzene rings is 1. The Labute approximate surface area is 106 Å². The molecule has 18 heavy (non-hydrogen) atoms. The third-order valence-corrected chi connectivity index (χ3v) is 2.90. The Morgan fingerprint density at radius 1 is 1.44 bits per heavy atom. The van der Waals surface area contributed by atoms with Crippen LogP contribution in [-0.4, -0.2) is 37.1 Å². The van der Waals surface area contributed by atoms with E-state index in [2.05, 4.69) is 22.2 Å². The maximum atomic E-state index is 11.1. The van der Waals surface area contributed by atoms with Crippen molar-refractivity contribution >= 4 is 11.1 Å². The highest BCUT2D eigenvalue weighted by molar-refractivity contribution is 5.72. The van der Waals surface area contributed by atoms with Crippen LogP contribution in [-0.2, 0) is 6.54 Å². The lowest BCUT2D eigenvalue weighted by atomic mass is 10.2. The lowest BCUT2D eigenvalue weighted by molar-refractivity contribution is 0.321. The Morgan fingerprint density at radius 2 is 2.28 bits per heavy atom. The largest absolute Gasteiger partial charge is 0.417 e. The number of nitrogens with one attached hydrogen (secondary N) is 2. The SMILES string of the molecule is CNCCCN(C)Cc1ccc2[nH]c(=O)oc2c1. The average Bonchev–Trinajstić information content (AvgIpc) is 2.69. The maximum absolute atomic E-state index is 11.1. The van der Waals surface area contributed by atoms with Crippen molar-refractivity contribution in [3.05, 3.63) is 34.3 Å². The van der Waals surface area contributed by atoms with Crippen molar-refractivity contribution in [3.63, 3.8) is 0 Å². The van der Waals surface area contributed by atoms with E-state index in [-0.39, 0.29) is 0 Å². The summed E-state index contributed by atoms with van der Waals surface area (Å²) < 4.78 is 5.05. The molecule has 0 aliphatic rings. The second kappa shape index (κ2) is 5.84. The Balaban J connectivity index is 2.00. The molecule has 0 saturated heterocycles. The summed E-state index contributed by atoms with van der Waals surface area (Å²) >= 11 is 0. The molecule has 0 bridgehead atoms. The van der Waals surface area contributed by atoms with Crippen LogP contribution in [0.1, 0.15) is 12.0 Å². The third kappa shape index (κ3) is 3.21. The number of nitrogens with zero attached hydrogens (tertiary/aromatic N) is 1. The summed E-state index contributed by atoms with van der Waals surface area (Å²) in [6.45, 7) is 2.92. The molecule has 2 aromatic rings. The van der Waals surface area contributed by atoms with Crippen molar-refractivity contribution in [2.24, 2.45) is 0 Å². The first-order valence-corrected chi connectivity index (χ1v) is 6.14. The first-order valence-electron chi connectivity index (χ1n) is 6.14. The van der Waals surface area contributed by atoms with Gasteiger partial charge in [0.2, 0.25) is 0 Å². The van der Waals surface area contributed by atoms with E-state index < -0.39 is 5.76 Å². The molecule has 98 valence electrons. The molecule has 0 aliphatic heterocycles. The first kappa shape index (κ1) is 12.9. The summed E-state index contributed by atoms with van der Waals surface area (Å²) in [6.07, 6.45) is 1.12. The quantitative estimate of drug-likeness (QED) is 0.754. The van der Waals surface area contributed by atoms with Gasteiger partial charge in [-0.3, -0.25) is 4.98 Å². The predicted octanol–water partition coefficient (Wildman–Crippen LogP) is 1.16. The number of rotatable bonds is 6. The predicted molar refractivity (Wildman–Crippen MR) is 71.7 cm³/mol. The van der Waals surface area contributed by atoms with Gasteiger partial charge in [-0.25, -0.2) is 4.79 Å². The lowest BCUT2D eigenvalue weighted by Gasteiger charge is -2.16. The van der Waals surface area contributed by atoms with Crippen molar-refractivity contribution in [2.75, 3.05) is 27.2 Å². The number of fused-ring (bicyclic) bond motifs is 1. The van der Waals surface area contributed by atoms with Gasteiger partial charge in [0.15, 0.2) is 5.58 Å². The summed E-state index contributed by atoms with van der Waals surface area (Å²) in [4.78, 5) is 15.9. The van der Waals surface area contributed by atoms with E-state index in [1.54, 1.807) is 0 Å². The number of aromatic nitrogens is 1. The van der Waals surface area contributed by atoms with Crippen molar-refractivity contribution in [3.8, 4) is 0 Å². The molecule has 0 amide bonds. The second-order valence-corrected chi connectivity index (χ2v) is 4.54. The molecule has 0 aliphatic carbocycles. The molecule has 0 fully saturated rings. The van der Waals surface area contributed by atoms with Gasteiger partial charge in [0.05, 0.1) is 5.52 Å². The third-order valence-electron chi connectivity index (χ3n) is 2.90. The van der Waals surface area contributed by atoms with Gasteiger partial charge in [-0.1, -0.05) is 6.07 Å². The van der Waals surface area contributed by atoms with Crippen molar-refractivity contribution in [1.82, 2.24) is 15.2 Å². The molecule has 1 aromatic carbocycles. The van der Waals surface area contributed by atoms with Crippen LogP contribution in [0.4, 0.5) is 0 Å². The topological polar surface area (TPSA) is 61.3 Å². The molecular weight excluding hydrogens is 230 g/mol. The Bertz CT molecular complexity index is 559. The number of hydrogen-bond acceptors (Lipinski definition) is 4. The van der Waals surface area contributed by atoms with Gasteiger partial charge >= 0.3 is 5.76 Å². The number of oxazole rings is 1. The molecule has 0 saturated carbocycles. The normalized spacial score (nSPS) is 11.5. The standard InChI is InChI=1S/C13H19N3O2/c1-14-6-3-7-16(2)9-10-4-5-11-12(8-10)18-13(17)15-11/h4-5,8,14H,3,6-7,9H2,1-2H3,(H,15,17). The van der Waals surface area contributed by atoms with Gasteiger partial charge in [-0.15, -0.1) is 0 Å². The van der Waals surface area contributed by atoms with Gasteiger partial charge in [0.25, 0.3) is 0 Å². The Hall–Kier alpha value is -1.59. The average molecular weight is 249 g/mol. The highest BCUT2D eigenvalue weighted by Gasteiger charge is 2.04. The molecule has 1 heterocycles. The van der Waals surface area contributed by atoms with Crippen LogP contribution >= 0.6 is 0 Å². The summed E-state index contributed by atoms with van der Waals surface area (Å²) in [5, 5.41) is 3.13. The lowest BCUT2D eigenvalue weighted by Crippen LogP contribution is -2.22. The molecule has 0 radical (unpaired) electrons. The smallest absolute Gasteiger partial charge is 0.408 e. The van der Waals surface area contributed by atoms with Gasteiger partial charge in [-0.2, -0.15) is 0 Å². The van der Waals surface area contributed by atoms with E-state index in [4.69, 9.17) is 4.42 Å². The summed E-state index contributed by atoms with van der Waals surface area (Å²) in [5.41, 5.74) is 2.53. The highest BCUT2D eigenvalue weighted by Crippen LogP contribution is 2.13. The summed E-state index contributed by atoms with van der Waals surface area (Å²) in [5.74, 6) is -0.399. The Kier molecular flexibility index (Phi) is 4.17. The van der Waals surface area contributed by atoms with Crippen LogP contribution in [0.5, 0.6) is 0 Å². The van der Waals surface area contributed by atoms with E-state index in [1.165, 1.54) is 0 Å². The van der Waals surface area contributed by atoms with Crippen molar-refractivity contribution in [2.45, 2.75) is 13.0 Å². The van der Waals surface area contributed by atoms with Gasteiger partial charge in [0.1, 0.15) is 0 Å². The Morgan fingerprint density at radius 3 is 3.06 bits per heavy atom. The van der Waals surface area contributed by atoms with E-state index in [0.29, 0.717) is 5.58 Å². The fourth-order valence-electron chi connectivity index (χ4n) is 2.00. The number of hydrogen-bond donors (Lipinski definition) is 2. The van der Waals surface area contributed by atoms with Gasteiger partial charge in [0, 0.05) is 6.54 Å². The molecule has 5 heteroatoms. The van der Waals surface area contributed by atoms with Crippen LogP contribution in [0.25, 0.3) is 11.1 Å². The summed E-state index contributed by atoms with van der Waals surface area (Å²) in [6, 6.07) is 5.82. The van der Waals surface area contributed by atoms with Crippen LogP contribution in [0, 0.1) is 0 Å². The summed E-state index contributed by atoms with van der Waals surface area (Å²) in [7, 11) is 4.05. The van der Waals surface area contributed by atoms with Gasteiger partial charge < -0.3 is 14.6 Å². The fourth-order valence-corrected chi connectivity index (χ4v) is 2.00. The molecule has 2 N–H and O–H groups in total. The molecular formula is C13H19N3O2. The van der Waals surface area contributed by atoms with E-state index in [1.807, 2.05) is 25.2 Å². The maximum Gasteiger partial charge on any atom is 0.417 e. The number of H-pyrrole nitrogens is 1. The van der Waals surface area contributed by atoms with Crippen LogP contribution in [0.15, 0.2) is 27.4 Å². The van der Waals surface area contributed by atoms with E-state index >= 15 is 0 Å². The van der Waals surface area contributed by atoms with Crippen molar-refractivity contribution in [1.29, 1.82) is 0 Å². The van der Waals surface area contributed by atoms with Crippen LogP contribution in [0.2, 0.25) is 0 Å². The zero-order valence-electron chi connectivity index (χ0n) is 10.8. The first-order chi connectivity index (χ1) is 8.69. The minimum atomic E-state index is -0.399. The fraction of sp³-hybridized carbons (Fsp3) is 0.462. The molecule has 0 unspecified atom stereocenters. The number of aromatic amines is 1. The molecule has 2 rings (SSSR count). The minimum absolute atomic E-state index is 0.399. The van der Waals surface area contributed by atoms with Gasteiger partial charge in [-0.05, 0) is 51.3 Å². The highest BCUT2D eigenvalue weighted by atomic mass is 16.4. The van der Waals surface area contributed by atoms with Crippen LogP contribution in [0.3, 0.4) is 0 Å². The molecule has 0 atom stereocenters. The minimum Gasteiger partial charge on any atom is -0.408 e. The van der Waals surface area contributed by atoms with Crippen LogP contribution < -0.4 is 11.1 Å². The monoisotopic (exact) mass is 249 g/mol. The zero-order valence-corrected chi connectivity index (χ0v) is 10.8. The second-order valence-electron chi connectivity index (χ2n) is 4.54. The zero-order chi connectivity index (χ0) is 13.0. The van der Waals surface area contributed by atoms with E-state index in [9.17, 15) is 4.79 Å². The van der Waals surface area contributed by atoms with E-state index in [0.717, 1.165) is 37.1 Å². The molecule has 0 spiro atoms. The van der Waals surface area contributed by atoms with Crippen molar-refractivity contribution < 1.29 is 4.42 Å². The molecule has 5 nitrogen and oxygen atoms in total. The molecule has 1 aromatic heterocycles.